The van der Waals surface area contributed by atoms with Crippen LogP contribution in [0.25, 0.3) is 10.8 Å². The van der Waals surface area contributed by atoms with Gasteiger partial charge >= 0.3 is 21.2 Å². The maximum atomic E-state index is 12.0. The molecule has 0 unspecified atom stereocenters. The number of fused-ring (bicyclic) bond motifs is 1. The molecule has 0 saturated carbocycles. The lowest BCUT2D eigenvalue weighted by Gasteiger charge is -2.09. The summed E-state index contributed by atoms with van der Waals surface area (Å²) in [4.78, 5) is 12.1. The molecule has 0 spiro atoms. The van der Waals surface area contributed by atoms with Crippen molar-refractivity contribution >= 4 is 91.0 Å². The van der Waals surface area contributed by atoms with Gasteiger partial charge in [0.15, 0.2) is 0 Å². The number of rotatable bonds is 14. The van der Waals surface area contributed by atoms with Crippen molar-refractivity contribution < 1.29 is 64.2 Å². The van der Waals surface area contributed by atoms with E-state index in [2.05, 4.69) is 40.7 Å². The summed E-state index contributed by atoms with van der Waals surface area (Å²) in [7, 11) is -20.1. The lowest BCUT2D eigenvalue weighted by Crippen LogP contribution is -2.17. The summed E-state index contributed by atoms with van der Waals surface area (Å²) < 4.78 is 149. The Morgan fingerprint density at radius 2 is 0.968 bits per heavy atom. The second-order valence-electron chi connectivity index (χ2n) is 12.3. The first-order valence-corrected chi connectivity index (χ1v) is 23.6. The highest BCUT2D eigenvalue weighted by atomic mass is 32.2. The van der Waals surface area contributed by atoms with E-state index in [1.807, 2.05) is 54.6 Å². The van der Waals surface area contributed by atoms with E-state index in [4.69, 9.17) is 29.8 Å². The van der Waals surface area contributed by atoms with Crippen LogP contribution in [0.2, 0.25) is 0 Å². The fourth-order valence-electron chi connectivity index (χ4n) is 5.16. The summed E-state index contributed by atoms with van der Waals surface area (Å²) in [6.07, 6.45) is 0.577. The zero-order valence-corrected chi connectivity index (χ0v) is 35.7. The molecule has 0 atom stereocenters. The molecule has 63 heavy (non-hydrogen) atoms. The highest BCUT2D eigenvalue weighted by Crippen LogP contribution is 2.31. The Morgan fingerprint density at radius 1 is 0.524 bits per heavy atom. The minimum absolute atomic E-state index is 0.0347. The molecule has 0 aliphatic heterocycles. The molecule has 0 radical (unpaired) electrons. The number of hydrogen-bond acceptors (Lipinski definition) is 20. The fraction of sp³-hybridized carbons (Fsp3) is 0.114. The van der Waals surface area contributed by atoms with Gasteiger partial charge in [0, 0.05) is 24.8 Å². The van der Waals surface area contributed by atoms with Gasteiger partial charge < -0.3 is 5.32 Å². The molecule has 0 aliphatic rings. The van der Waals surface area contributed by atoms with Crippen LogP contribution in [0.1, 0.15) is 22.8 Å². The van der Waals surface area contributed by atoms with E-state index in [0.717, 1.165) is 22.9 Å². The second-order valence-corrected chi connectivity index (χ2v) is 17.5. The number of aromatic nitrogens is 3. The Balaban J connectivity index is 0.00000100. The SMILES string of the molecule is O=S(=O)(O)CCNc1nc(Cc2ccc(N=Nc3ccccc3)cc2)nc(Cc2ccc(N=Nc3ccc4cc(S(=O)(=O)O)cc(S(=O)(=O)O)c4c3)cc2)n1.O=S(=O)=O.O=S(=O)=O. The topological polar surface area (TPSA) is 366 Å². The molecule has 6 aromatic rings. The van der Waals surface area contributed by atoms with Crippen LogP contribution in [0.15, 0.2) is 139 Å². The molecule has 6 rings (SSSR count). The number of anilines is 1. The molecule has 0 amide bonds. The molecular weight excluding hydrogens is 933 g/mol. The van der Waals surface area contributed by atoms with Crippen LogP contribution in [0.5, 0.6) is 0 Å². The first-order valence-electron chi connectivity index (χ1n) is 17.1. The lowest BCUT2D eigenvalue weighted by atomic mass is 10.1. The minimum atomic E-state index is -4.88. The third-order valence-electron chi connectivity index (χ3n) is 7.74. The van der Waals surface area contributed by atoms with Crippen molar-refractivity contribution in [1.82, 2.24) is 15.0 Å². The van der Waals surface area contributed by atoms with Gasteiger partial charge in [-0.15, -0.1) is 25.3 Å². The lowest BCUT2D eigenvalue weighted by molar-refractivity contribution is 0.479. The predicted octanol–water partition coefficient (Wildman–Crippen LogP) is 4.82. The van der Waals surface area contributed by atoms with Crippen LogP contribution in [-0.2, 0) is 64.4 Å². The van der Waals surface area contributed by atoms with Crippen LogP contribution >= 0.6 is 0 Å². The van der Waals surface area contributed by atoms with E-state index >= 15 is 0 Å². The number of benzene rings is 5. The van der Waals surface area contributed by atoms with Gasteiger partial charge in [-0.25, -0.2) is 4.98 Å². The third-order valence-corrected chi connectivity index (χ3v) is 10.2. The summed E-state index contributed by atoms with van der Waals surface area (Å²) in [5, 5.41) is 19.7. The summed E-state index contributed by atoms with van der Waals surface area (Å²) >= 11 is 0. The largest absolute Gasteiger partial charge is 0.425 e. The Bertz CT molecular complexity index is 3200. The average molecular weight is 963 g/mol. The average Bonchev–Trinajstić information content (AvgIpc) is 3.18. The van der Waals surface area contributed by atoms with Gasteiger partial charge in [0.1, 0.15) is 16.5 Å². The molecular formula is C35H30N8O15S5. The summed E-state index contributed by atoms with van der Waals surface area (Å²) in [5.74, 6) is 0.369. The fourth-order valence-corrected chi connectivity index (χ4v) is 6.87. The summed E-state index contributed by atoms with van der Waals surface area (Å²) in [6.45, 7) is -0.136. The van der Waals surface area contributed by atoms with Crippen LogP contribution in [-0.4, -0.2) is 91.4 Å². The number of nitrogens with zero attached hydrogens (tertiary/aromatic N) is 7. The normalized spacial score (nSPS) is 11.7. The quantitative estimate of drug-likeness (QED) is 0.0839. The molecule has 0 saturated heterocycles. The van der Waals surface area contributed by atoms with Crippen LogP contribution in [0.3, 0.4) is 0 Å². The van der Waals surface area contributed by atoms with E-state index < -0.39 is 67.1 Å². The molecule has 1 heterocycles. The van der Waals surface area contributed by atoms with E-state index in [0.29, 0.717) is 35.5 Å². The Morgan fingerprint density at radius 3 is 1.41 bits per heavy atom. The molecule has 1 aromatic heterocycles. The van der Waals surface area contributed by atoms with Gasteiger partial charge in [-0.2, -0.15) is 55.7 Å². The first-order chi connectivity index (χ1) is 29.5. The van der Waals surface area contributed by atoms with Crippen LogP contribution in [0.4, 0.5) is 28.7 Å². The van der Waals surface area contributed by atoms with Gasteiger partial charge in [0.05, 0.1) is 33.4 Å². The standard InChI is InChI=1S/C35H30N8O9S3.2O3S/c44-53(45,46)17-16-36-35-38-33(18-23-6-11-27(12-7-23)41-40-26-4-2-1-3-5-26)37-34(39-35)19-24-8-13-28(14-9-24)42-43-29-15-10-25-20-30(54(47,48)49)22-32(31(25)21-29)55(50,51)52;2*1-4(2)3/h1-15,20-22H,16-19H2,(H,44,45,46)(H,47,48,49)(H,50,51,52)(H,36,37,38,39);;. The molecule has 330 valence electrons. The van der Waals surface area contributed by atoms with Crippen LogP contribution < -0.4 is 5.32 Å². The van der Waals surface area contributed by atoms with Crippen molar-refractivity contribution in [3.63, 3.8) is 0 Å². The highest BCUT2D eigenvalue weighted by molar-refractivity contribution is 7.87. The monoisotopic (exact) mass is 962 g/mol. The van der Waals surface area contributed by atoms with Gasteiger partial charge in [-0.3, -0.25) is 13.7 Å². The molecule has 4 N–H and O–H groups in total. The van der Waals surface area contributed by atoms with E-state index in [1.54, 1.807) is 24.3 Å². The summed E-state index contributed by atoms with van der Waals surface area (Å²) in [5.41, 5.74) is 3.65. The minimum Gasteiger partial charge on any atom is -0.353 e. The smallest absolute Gasteiger partial charge is 0.353 e. The number of hydrogen-bond donors (Lipinski definition) is 4. The number of azo groups is 2. The Labute approximate surface area is 361 Å². The molecule has 28 heteroatoms. The van der Waals surface area contributed by atoms with Crippen molar-refractivity contribution in [2.45, 2.75) is 22.6 Å². The zero-order chi connectivity index (χ0) is 46.4. The molecule has 23 nitrogen and oxygen atoms in total. The van der Waals surface area contributed by atoms with Crippen LogP contribution in [0, 0.1) is 0 Å². The van der Waals surface area contributed by atoms with Crippen molar-refractivity contribution in [2.24, 2.45) is 20.5 Å². The molecule has 5 aromatic carbocycles. The first kappa shape index (κ1) is 49.0. The van der Waals surface area contributed by atoms with Crippen molar-refractivity contribution in [3.05, 3.63) is 132 Å². The van der Waals surface area contributed by atoms with E-state index in [-0.39, 0.29) is 35.4 Å². The van der Waals surface area contributed by atoms with Gasteiger partial charge in [0.2, 0.25) is 5.95 Å². The van der Waals surface area contributed by atoms with Gasteiger partial charge in [-0.05, 0) is 77.2 Å². The van der Waals surface area contributed by atoms with Crippen molar-refractivity contribution in [3.8, 4) is 0 Å². The van der Waals surface area contributed by atoms with E-state index in [1.165, 1.54) is 18.2 Å². The van der Waals surface area contributed by atoms with Gasteiger partial charge in [0.25, 0.3) is 30.4 Å². The maximum Gasteiger partial charge on any atom is 0.425 e. The molecule has 0 aliphatic carbocycles. The van der Waals surface area contributed by atoms with Gasteiger partial charge in [-0.1, -0.05) is 48.5 Å². The zero-order valence-electron chi connectivity index (χ0n) is 31.6. The third kappa shape index (κ3) is 17.3. The predicted molar refractivity (Wildman–Crippen MR) is 221 cm³/mol. The van der Waals surface area contributed by atoms with Crippen molar-refractivity contribution in [1.29, 1.82) is 0 Å². The Hall–Kier alpha value is -6.66. The maximum absolute atomic E-state index is 12.0. The molecule has 0 bridgehead atoms. The van der Waals surface area contributed by atoms with Crippen molar-refractivity contribution in [2.75, 3.05) is 17.6 Å². The molecule has 0 fully saturated rings. The second kappa shape index (κ2) is 21.9. The van der Waals surface area contributed by atoms with E-state index in [9.17, 15) is 34.4 Å². The number of nitrogens with one attached hydrogen (secondary N) is 1. The highest BCUT2D eigenvalue weighted by Gasteiger charge is 2.21. The Kier molecular flexibility index (Phi) is 17.0. The summed E-state index contributed by atoms with van der Waals surface area (Å²) in [6, 6.07) is 29.4.